The molecule has 0 aliphatic carbocycles. The summed E-state index contributed by atoms with van der Waals surface area (Å²) in [6, 6.07) is 10.6. The first-order valence-electron chi connectivity index (χ1n) is 10.6. The highest BCUT2D eigenvalue weighted by atomic mass is 16.6. The summed E-state index contributed by atoms with van der Waals surface area (Å²) in [6.45, 7) is 5.46. The Bertz CT molecular complexity index is 947. The molecule has 1 fully saturated rings. The molecule has 9 heteroatoms. The van der Waals surface area contributed by atoms with Gasteiger partial charge in [0.1, 0.15) is 11.3 Å². The predicted octanol–water partition coefficient (Wildman–Crippen LogP) is 3.36. The van der Waals surface area contributed by atoms with E-state index < -0.39 is 4.92 Å². The molecule has 2 aromatic carbocycles. The first kappa shape index (κ1) is 23.3. The lowest BCUT2D eigenvalue weighted by atomic mass is 10.1. The summed E-state index contributed by atoms with van der Waals surface area (Å²) >= 11 is 0. The summed E-state index contributed by atoms with van der Waals surface area (Å²) in [4.78, 5) is 28.3. The van der Waals surface area contributed by atoms with Crippen molar-refractivity contribution < 1.29 is 23.9 Å². The Morgan fingerprint density at radius 2 is 1.78 bits per heavy atom. The Hall–Kier alpha value is -3.33. The Kier molecular flexibility index (Phi) is 7.88. The molecule has 0 atom stereocenters. The second kappa shape index (κ2) is 10.8. The van der Waals surface area contributed by atoms with Crippen LogP contribution in [0.3, 0.4) is 0 Å². The van der Waals surface area contributed by atoms with Crippen LogP contribution in [0, 0.1) is 10.1 Å². The maximum atomic E-state index is 13.3. The number of nitro groups is 1. The van der Waals surface area contributed by atoms with Crippen molar-refractivity contribution in [2.24, 2.45) is 0 Å². The predicted molar refractivity (Wildman–Crippen MR) is 120 cm³/mol. The molecule has 0 radical (unpaired) electrons. The van der Waals surface area contributed by atoms with E-state index in [4.69, 9.17) is 14.2 Å². The van der Waals surface area contributed by atoms with Crippen LogP contribution in [0.4, 0.5) is 5.69 Å². The van der Waals surface area contributed by atoms with Crippen LogP contribution < -0.4 is 14.2 Å². The molecular formula is C23H29N3O6. The van der Waals surface area contributed by atoms with Gasteiger partial charge < -0.3 is 19.1 Å². The SMILES string of the molecule is CCOc1cc(C(=O)N2CCCN(Cc3ccc(OC)cc3)CC2)c([N+](=O)[O-])cc1OC. The van der Waals surface area contributed by atoms with Crippen LogP contribution in [-0.4, -0.2) is 67.6 Å². The van der Waals surface area contributed by atoms with Gasteiger partial charge in [-0.2, -0.15) is 0 Å². The minimum Gasteiger partial charge on any atom is -0.497 e. The number of methoxy groups -OCH3 is 2. The molecule has 1 heterocycles. The Balaban J connectivity index is 1.74. The fourth-order valence-electron chi connectivity index (χ4n) is 3.79. The van der Waals surface area contributed by atoms with E-state index >= 15 is 0 Å². The molecule has 3 rings (SSSR count). The highest BCUT2D eigenvalue weighted by Gasteiger charge is 2.29. The zero-order valence-corrected chi connectivity index (χ0v) is 18.7. The number of carbonyl (C=O) groups is 1. The quantitative estimate of drug-likeness (QED) is 0.456. The number of carbonyl (C=O) groups excluding carboxylic acids is 1. The Morgan fingerprint density at radius 1 is 1.03 bits per heavy atom. The molecule has 0 saturated carbocycles. The van der Waals surface area contributed by atoms with Gasteiger partial charge in [0.15, 0.2) is 11.5 Å². The lowest BCUT2D eigenvalue weighted by Crippen LogP contribution is -2.35. The van der Waals surface area contributed by atoms with Gasteiger partial charge in [-0.15, -0.1) is 0 Å². The molecule has 0 unspecified atom stereocenters. The summed E-state index contributed by atoms with van der Waals surface area (Å²) in [5.74, 6) is 0.997. The summed E-state index contributed by atoms with van der Waals surface area (Å²) in [5.41, 5.74) is 0.898. The molecule has 2 aromatic rings. The van der Waals surface area contributed by atoms with Crippen LogP contribution in [-0.2, 0) is 6.54 Å². The number of benzene rings is 2. The lowest BCUT2D eigenvalue weighted by Gasteiger charge is -2.22. The van der Waals surface area contributed by atoms with E-state index in [9.17, 15) is 14.9 Å². The number of nitro benzene ring substituents is 1. The maximum absolute atomic E-state index is 13.3. The third kappa shape index (κ3) is 5.47. The first-order chi connectivity index (χ1) is 15.5. The summed E-state index contributed by atoms with van der Waals surface area (Å²) in [5, 5.41) is 11.6. The van der Waals surface area contributed by atoms with Crippen molar-refractivity contribution in [2.45, 2.75) is 19.9 Å². The minimum atomic E-state index is -0.556. The lowest BCUT2D eigenvalue weighted by molar-refractivity contribution is -0.385. The summed E-state index contributed by atoms with van der Waals surface area (Å²) in [6.07, 6.45) is 0.782. The molecule has 0 bridgehead atoms. The van der Waals surface area contributed by atoms with E-state index in [1.54, 1.807) is 18.9 Å². The average Bonchev–Trinajstić information content (AvgIpc) is 3.04. The van der Waals surface area contributed by atoms with Gasteiger partial charge in [-0.05, 0) is 31.0 Å². The Morgan fingerprint density at radius 3 is 2.41 bits per heavy atom. The fourth-order valence-corrected chi connectivity index (χ4v) is 3.79. The van der Waals surface area contributed by atoms with Gasteiger partial charge in [0.25, 0.3) is 11.6 Å². The molecule has 1 amide bonds. The summed E-state index contributed by atoms with van der Waals surface area (Å²) in [7, 11) is 3.05. The van der Waals surface area contributed by atoms with Crippen LogP contribution in [0.25, 0.3) is 0 Å². The van der Waals surface area contributed by atoms with Gasteiger partial charge in [0.05, 0.1) is 31.8 Å². The molecule has 1 saturated heterocycles. The zero-order chi connectivity index (χ0) is 23.1. The van der Waals surface area contributed by atoms with Gasteiger partial charge in [-0.3, -0.25) is 19.8 Å². The van der Waals surface area contributed by atoms with Gasteiger partial charge in [0, 0.05) is 38.8 Å². The number of ether oxygens (including phenoxy) is 3. The molecule has 0 N–H and O–H groups in total. The second-order valence-electron chi connectivity index (χ2n) is 7.48. The first-order valence-corrected chi connectivity index (χ1v) is 10.6. The third-order valence-electron chi connectivity index (χ3n) is 5.45. The number of rotatable bonds is 8. The minimum absolute atomic E-state index is 0.0165. The number of nitrogens with zero attached hydrogens (tertiary/aromatic N) is 3. The molecule has 9 nitrogen and oxygen atoms in total. The molecule has 172 valence electrons. The van der Waals surface area contributed by atoms with Gasteiger partial charge >= 0.3 is 0 Å². The van der Waals surface area contributed by atoms with Crippen LogP contribution in [0.15, 0.2) is 36.4 Å². The van der Waals surface area contributed by atoms with Crippen molar-refractivity contribution in [1.82, 2.24) is 9.80 Å². The van der Waals surface area contributed by atoms with E-state index in [1.807, 2.05) is 24.3 Å². The Labute approximate surface area is 187 Å². The largest absolute Gasteiger partial charge is 0.497 e. The monoisotopic (exact) mass is 443 g/mol. The number of hydrogen-bond acceptors (Lipinski definition) is 7. The third-order valence-corrected chi connectivity index (χ3v) is 5.45. The second-order valence-corrected chi connectivity index (χ2v) is 7.48. The zero-order valence-electron chi connectivity index (χ0n) is 18.7. The average molecular weight is 444 g/mol. The highest BCUT2D eigenvalue weighted by molar-refractivity contribution is 5.99. The molecule has 1 aliphatic heterocycles. The molecular weight excluding hydrogens is 414 g/mol. The van der Waals surface area contributed by atoms with E-state index in [0.29, 0.717) is 32.0 Å². The van der Waals surface area contributed by atoms with Crippen LogP contribution >= 0.6 is 0 Å². The molecule has 1 aliphatic rings. The topological polar surface area (TPSA) is 94.4 Å². The van der Waals surface area contributed by atoms with E-state index in [1.165, 1.54) is 19.2 Å². The summed E-state index contributed by atoms with van der Waals surface area (Å²) < 4.78 is 15.9. The van der Waals surface area contributed by atoms with Crippen molar-refractivity contribution in [1.29, 1.82) is 0 Å². The van der Waals surface area contributed by atoms with Gasteiger partial charge in [-0.25, -0.2) is 0 Å². The fraction of sp³-hybridized carbons (Fsp3) is 0.435. The van der Waals surface area contributed by atoms with Crippen molar-refractivity contribution in [3.05, 3.63) is 57.6 Å². The van der Waals surface area contributed by atoms with E-state index in [-0.39, 0.29) is 22.9 Å². The van der Waals surface area contributed by atoms with Crippen LogP contribution in [0.5, 0.6) is 17.2 Å². The molecule has 32 heavy (non-hydrogen) atoms. The highest BCUT2D eigenvalue weighted by Crippen LogP contribution is 2.35. The van der Waals surface area contributed by atoms with Crippen molar-refractivity contribution in [2.75, 3.05) is 47.0 Å². The van der Waals surface area contributed by atoms with Crippen LogP contribution in [0.2, 0.25) is 0 Å². The molecule has 0 spiro atoms. The maximum Gasteiger partial charge on any atom is 0.286 e. The van der Waals surface area contributed by atoms with Gasteiger partial charge in [-0.1, -0.05) is 12.1 Å². The van der Waals surface area contributed by atoms with E-state index in [0.717, 1.165) is 30.8 Å². The van der Waals surface area contributed by atoms with Crippen LogP contribution in [0.1, 0.15) is 29.3 Å². The van der Waals surface area contributed by atoms with Crippen molar-refractivity contribution in [3.8, 4) is 17.2 Å². The van der Waals surface area contributed by atoms with Crippen molar-refractivity contribution in [3.63, 3.8) is 0 Å². The normalized spacial score (nSPS) is 14.5. The smallest absolute Gasteiger partial charge is 0.286 e. The standard InChI is InChI=1S/C23H29N3O6/c1-4-32-22-14-19(20(26(28)29)15-21(22)31-3)23(27)25-11-5-10-24(12-13-25)16-17-6-8-18(30-2)9-7-17/h6-9,14-15H,4-5,10-13,16H2,1-3H3. The van der Waals surface area contributed by atoms with Crippen molar-refractivity contribution >= 4 is 11.6 Å². The number of amides is 1. The number of hydrogen-bond donors (Lipinski definition) is 0. The molecule has 0 aromatic heterocycles. The van der Waals surface area contributed by atoms with Gasteiger partial charge in [0.2, 0.25) is 0 Å². The van der Waals surface area contributed by atoms with E-state index in [2.05, 4.69) is 4.90 Å².